The molecule has 2 N–H and O–H groups in total. The van der Waals surface area contributed by atoms with Crippen molar-refractivity contribution in [3.63, 3.8) is 0 Å². The van der Waals surface area contributed by atoms with E-state index in [0.29, 0.717) is 0 Å². The lowest BCUT2D eigenvalue weighted by molar-refractivity contribution is -0.136. The Labute approximate surface area is 110 Å². The predicted octanol–water partition coefficient (Wildman–Crippen LogP) is 1.22. The summed E-state index contributed by atoms with van der Waals surface area (Å²) in [5, 5.41) is 9.35. The van der Waals surface area contributed by atoms with Gasteiger partial charge in [-0.25, -0.2) is 18.1 Å². The molecule has 0 bridgehead atoms. The Hall–Kier alpha value is -0.990. The fraction of sp³-hybridized carbons (Fsp3) is 0.600. The van der Waals surface area contributed by atoms with Gasteiger partial charge in [0.15, 0.2) is 0 Å². The molecule has 0 saturated heterocycles. The largest absolute Gasteiger partial charge is 0.481 e. The van der Waals surface area contributed by atoms with Gasteiger partial charge in [0.25, 0.3) is 0 Å². The number of nitrogens with zero attached hydrogens (tertiary/aromatic N) is 1. The lowest BCUT2D eigenvalue weighted by atomic mass is 10.2. The number of thiazole rings is 1. The molecule has 1 aromatic heterocycles. The first-order chi connectivity index (χ1) is 8.21. The number of hydrogen-bond donors (Lipinski definition) is 2. The molecule has 0 radical (unpaired) electrons. The molecular weight excluding hydrogens is 276 g/mol. The fourth-order valence-electron chi connectivity index (χ4n) is 1.55. The van der Waals surface area contributed by atoms with Crippen LogP contribution < -0.4 is 4.72 Å². The van der Waals surface area contributed by atoms with E-state index in [9.17, 15) is 13.2 Å². The van der Waals surface area contributed by atoms with Gasteiger partial charge in [-0.3, -0.25) is 4.79 Å². The topological polar surface area (TPSA) is 96.4 Å². The van der Waals surface area contributed by atoms with E-state index in [4.69, 9.17) is 5.11 Å². The van der Waals surface area contributed by atoms with Crippen molar-refractivity contribution in [3.8, 4) is 0 Å². The van der Waals surface area contributed by atoms with Crippen molar-refractivity contribution in [1.29, 1.82) is 0 Å². The molecule has 1 atom stereocenters. The first-order valence-electron chi connectivity index (χ1n) is 5.37. The first-order valence-corrected chi connectivity index (χ1v) is 7.84. The third-order valence-corrected chi connectivity index (χ3v) is 4.98. The highest BCUT2D eigenvalue weighted by molar-refractivity contribution is 7.89. The smallest absolute Gasteiger partial charge is 0.304 e. The second-order valence-electron chi connectivity index (χ2n) is 3.98. The summed E-state index contributed by atoms with van der Waals surface area (Å²) in [7, 11) is -3.58. The zero-order valence-electron chi connectivity index (χ0n) is 10.4. The summed E-state index contributed by atoms with van der Waals surface area (Å²) in [6, 6.07) is -0.394. The second kappa shape index (κ2) is 5.77. The molecule has 0 spiro atoms. The van der Waals surface area contributed by atoms with Crippen molar-refractivity contribution in [2.75, 3.05) is 5.75 Å². The molecular formula is C10H16N2O4S2. The summed E-state index contributed by atoms with van der Waals surface area (Å²) >= 11 is 1.43. The third kappa shape index (κ3) is 4.35. The van der Waals surface area contributed by atoms with Gasteiger partial charge in [-0.05, 0) is 20.8 Å². The molecule has 1 unspecified atom stereocenters. The number of carboxylic acids is 1. The van der Waals surface area contributed by atoms with Crippen molar-refractivity contribution in [1.82, 2.24) is 9.71 Å². The van der Waals surface area contributed by atoms with E-state index in [1.807, 2.05) is 13.8 Å². The van der Waals surface area contributed by atoms with Crippen molar-refractivity contribution >= 4 is 27.3 Å². The summed E-state index contributed by atoms with van der Waals surface area (Å²) in [5.41, 5.74) is 0.797. The summed E-state index contributed by atoms with van der Waals surface area (Å²) in [6.45, 7) is 5.39. The van der Waals surface area contributed by atoms with E-state index in [-0.39, 0.29) is 0 Å². The van der Waals surface area contributed by atoms with Gasteiger partial charge in [0.2, 0.25) is 10.0 Å². The number of aromatic nitrogens is 1. The molecule has 6 nitrogen and oxygen atoms in total. The molecule has 0 fully saturated rings. The van der Waals surface area contributed by atoms with Crippen LogP contribution in [0, 0.1) is 13.8 Å². The van der Waals surface area contributed by atoms with Crippen molar-refractivity contribution in [3.05, 3.63) is 15.6 Å². The van der Waals surface area contributed by atoms with E-state index in [2.05, 4.69) is 9.71 Å². The molecule has 0 aliphatic carbocycles. The van der Waals surface area contributed by atoms with Crippen LogP contribution >= 0.6 is 11.3 Å². The molecule has 102 valence electrons. The number of rotatable bonds is 6. The number of aryl methyl sites for hydroxylation is 2. The average molecular weight is 292 g/mol. The van der Waals surface area contributed by atoms with Gasteiger partial charge >= 0.3 is 5.97 Å². The molecule has 8 heteroatoms. The van der Waals surface area contributed by atoms with Crippen molar-refractivity contribution in [2.24, 2.45) is 0 Å². The quantitative estimate of drug-likeness (QED) is 0.821. The van der Waals surface area contributed by atoms with Crippen LogP contribution in [0.15, 0.2) is 0 Å². The van der Waals surface area contributed by atoms with Gasteiger partial charge in [0, 0.05) is 4.88 Å². The van der Waals surface area contributed by atoms with Crippen LogP contribution in [0.25, 0.3) is 0 Å². The van der Waals surface area contributed by atoms with Crippen LogP contribution in [-0.2, 0) is 14.8 Å². The lowest BCUT2D eigenvalue weighted by Crippen LogP contribution is -2.29. The number of carbonyl (C=O) groups is 1. The maximum Gasteiger partial charge on any atom is 0.304 e. The third-order valence-electron chi connectivity index (χ3n) is 2.27. The van der Waals surface area contributed by atoms with E-state index >= 15 is 0 Å². The standard InChI is InChI=1S/C10H16N2O4S2/c1-6-10(17-8(3)11-6)7(2)12-18(15,16)5-4-9(13)14/h7,12H,4-5H2,1-3H3,(H,13,14). The molecule has 1 heterocycles. The maximum atomic E-state index is 11.6. The summed E-state index contributed by atoms with van der Waals surface area (Å²) in [6.07, 6.45) is -0.400. The number of hydrogen-bond acceptors (Lipinski definition) is 5. The molecule has 1 aromatic rings. The van der Waals surface area contributed by atoms with Crippen LogP contribution in [-0.4, -0.2) is 30.2 Å². The van der Waals surface area contributed by atoms with Crippen LogP contribution in [0.3, 0.4) is 0 Å². The molecule has 0 aliphatic rings. The number of aliphatic carboxylic acids is 1. The minimum absolute atomic E-state index is 0.394. The van der Waals surface area contributed by atoms with Gasteiger partial charge in [0.1, 0.15) is 0 Å². The minimum atomic E-state index is -3.58. The zero-order valence-corrected chi connectivity index (χ0v) is 12.1. The molecule has 18 heavy (non-hydrogen) atoms. The summed E-state index contributed by atoms with van der Waals surface area (Å²) in [4.78, 5) is 15.4. The molecule has 0 aromatic carbocycles. The monoisotopic (exact) mass is 292 g/mol. The number of sulfonamides is 1. The summed E-state index contributed by atoms with van der Waals surface area (Å²) < 4.78 is 25.8. The number of carboxylic acid groups (broad SMARTS) is 1. The van der Waals surface area contributed by atoms with Gasteiger partial charge < -0.3 is 5.11 Å². The molecule has 0 aliphatic heterocycles. The van der Waals surface area contributed by atoms with E-state index in [0.717, 1.165) is 15.6 Å². The van der Waals surface area contributed by atoms with Crippen LogP contribution in [0.2, 0.25) is 0 Å². The Morgan fingerprint density at radius 2 is 2.11 bits per heavy atom. The first kappa shape index (κ1) is 15.1. The molecule has 1 rings (SSSR count). The van der Waals surface area contributed by atoms with E-state index in [1.165, 1.54) is 11.3 Å². The Kier molecular flexibility index (Phi) is 4.83. The van der Waals surface area contributed by atoms with Crippen molar-refractivity contribution < 1.29 is 18.3 Å². The maximum absolute atomic E-state index is 11.6. The normalized spacial score (nSPS) is 13.5. The van der Waals surface area contributed by atoms with Gasteiger partial charge in [-0.2, -0.15) is 0 Å². The Bertz CT molecular complexity index is 536. The van der Waals surface area contributed by atoms with Crippen molar-refractivity contribution in [2.45, 2.75) is 33.2 Å². The predicted molar refractivity (Wildman–Crippen MR) is 69.2 cm³/mol. The second-order valence-corrected chi connectivity index (χ2v) is 7.09. The zero-order chi connectivity index (χ0) is 13.9. The fourth-order valence-corrected chi connectivity index (χ4v) is 3.77. The lowest BCUT2D eigenvalue weighted by Gasteiger charge is -2.12. The molecule has 0 amide bonds. The van der Waals surface area contributed by atoms with Gasteiger partial charge in [-0.1, -0.05) is 0 Å². The Morgan fingerprint density at radius 1 is 1.50 bits per heavy atom. The van der Waals surface area contributed by atoms with E-state index < -0.39 is 34.2 Å². The highest BCUT2D eigenvalue weighted by atomic mass is 32.2. The SMILES string of the molecule is Cc1nc(C)c(C(C)NS(=O)(=O)CCC(=O)O)s1. The van der Waals surface area contributed by atoms with Gasteiger partial charge in [0.05, 0.1) is 28.9 Å². The summed E-state index contributed by atoms with van der Waals surface area (Å²) in [5.74, 6) is -1.54. The highest BCUT2D eigenvalue weighted by Gasteiger charge is 2.20. The van der Waals surface area contributed by atoms with Crippen LogP contribution in [0.5, 0.6) is 0 Å². The molecule has 0 saturated carbocycles. The van der Waals surface area contributed by atoms with Gasteiger partial charge in [-0.15, -0.1) is 11.3 Å². The Morgan fingerprint density at radius 3 is 2.56 bits per heavy atom. The number of nitrogens with one attached hydrogen (secondary N) is 1. The van der Waals surface area contributed by atoms with Crippen LogP contribution in [0.4, 0.5) is 0 Å². The minimum Gasteiger partial charge on any atom is -0.481 e. The average Bonchev–Trinajstić information content (AvgIpc) is 2.54. The highest BCUT2D eigenvalue weighted by Crippen LogP contribution is 2.24. The van der Waals surface area contributed by atoms with E-state index in [1.54, 1.807) is 6.92 Å². The van der Waals surface area contributed by atoms with Crippen LogP contribution in [0.1, 0.15) is 35.0 Å². The Balaban J connectivity index is 2.72.